The van der Waals surface area contributed by atoms with E-state index in [0.717, 1.165) is 0 Å². The number of rotatable bonds is 4. The second-order valence-corrected chi connectivity index (χ2v) is 4.43. The van der Waals surface area contributed by atoms with Gasteiger partial charge in [0.05, 0.1) is 11.6 Å². The molecule has 2 rings (SSSR count). The molecule has 1 aromatic carbocycles. The number of anilines is 1. The molecule has 1 aromatic heterocycles. The van der Waals surface area contributed by atoms with Gasteiger partial charge in [-0.3, -0.25) is 0 Å². The normalized spacial score (nSPS) is 10.9. The van der Waals surface area contributed by atoms with E-state index in [4.69, 9.17) is 26.5 Å². The lowest BCUT2D eigenvalue weighted by Gasteiger charge is -2.01. The van der Waals surface area contributed by atoms with Crippen LogP contribution in [-0.4, -0.2) is 12.6 Å². The fraction of sp³-hybridized carbons (Fsp3) is 0.133. The topological polar surface area (TPSA) is 65.5 Å². The Morgan fingerprint density at radius 1 is 1.40 bits per heavy atom. The van der Waals surface area contributed by atoms with Crippen molar-refractivity contribution in [1.82, 2.24) is 0 Å². The molecule has 1 heterocycles. The summed E-state index contributed by atoms with van der Waals surface area (Å²) in [5.74, 6) is 0.713. The largest absolute Gasteiger partial charge is 0.463 e. The van der Waals surface area contributed by atoms with Crippen LogP contribution < -0.4 is 5.73 Å². The van der Waals surface area contributed by atoms with Crippen molar-refractivity contribution in [2.75, 3.05) is 12.3 Å². The molecule has 0 fully saturated rings. The van der Waals surface area contributed by atoms with Crippen molar-refractivity contribution in [3.63, 3.8) is 0 Å². The first kappa shape index (κ1) is 14.2. The van der Waals surface area contributed by atoms with Gasteiger partial charge in [0.1, 0.15) is 11.5 Å². The van der Waals surface area contributed by atoms with E-state index >= 15 is 0 Å². The summed E-state index contributed by atoms with van der Waals surface area (Å²) >= 11 is 6.10. The predicted molar refractivity (Wildman–Crippen MR) is 79.2 cm³/mol. The van der Waals surface area contributed by atoms with E-state index in [1.807, 2.05) is 0 Å². The van der Waals surface area contributed by atoms with Crippen molar-refractivity contribution in [2.24, 2.45) is 0 Å². The number of esters is 1. The second-order valence-electron chi connectivity index (χ2n) is 4.03. The fourth-order valence-corrected chi connectivity index (χ4v) is 1.87. The highest BCUT2D eigenvalue weighted by atomic mass is 35.5. The highest BCUT2D eigenvalue weighted by molar-refractivity contribution is 6.33. The standard InChI is InChI=1S/C15H14ClNO3/c1-2-19-15(18)8-5-11-4-7-14(20-11)12-9-10(17)3-6-13(12)16/h3-9H,2,17H2,1H3/b8-5+. The van der Waals surface area contributed by atoms with Crippen LogP contribution in [0.15, 0.2) is 40.8 Å². The minimum atomic E-state index is -0.410. The van der Waals surface area contributed by atoms with Crippen molar-refractivity contribution in [2.45, 2.75) is 6.92 Å². The molecule has 0 amide bonds. The van der Waals surface area contributed by atoms with Crippen LogP contribution >= 0.6 is 11.6 Å². The molecule has 0 bridgehead atoms. The highest BCUT2D eigenvalue weighted by Crippen LogP contribution is 2.31. The van der Waals surface area contributed by atoms with E-state index in [9.17, 15) is 4.79 Å². The predicted octanol–water partition coefficient (Wildman–Crippen LogP) is 3.76. The van der Waals surface area contributed by atoms with Crippen LogP contribution in [0.25, 0.3) is 17.4 Å². The highest BCUT2D eigenvalue weighted by Gasteiger charge is 2.08. The van der Waals surface area contributed by atoms with Gasteiger partial charge in [0.25, 0.3) is 0 Å². The number of carbonyl (C=O) groups excluding carboxylic acids is 1. The lowest BCUT2D eigenvalue weighted by molar-refractivity contribution is -0.137. The minimum absolute atomic E-state index is 0.339. The van der Waals surface area contributed by atoms with E-state index < -0.39 is 5.97 Å². The third-order valence-electron chi connectivity index (χ3n) is 2.55. The average Bonchev–Trinajstić information content (AvgIpc) is 2.88. The van der Waals surface area contributed by atoms with Crippen LogP contribution in [0.1, 0.15) is 12.7 Å². The first-order chi connectivity index (χ1) is 9.60. The maximum absolute atomic E-state index is 11.2. The Morgan fingerprint density at radius 2 is 2.20 bits per heavy atom. The van der Waals surface area contributed by atoms with Crippen molar-refractivity contribution < 1.29 is 13.9 Å². The Hall–Kier alpha value is -2.20. The van der Waals surface area contributed by atoms with Crippen LogP contribution in [0, 0.1) is 0 Å². The van der Waals surface area contributed by atoms with E-state index in [0.29, 0.717) is 34.4 Å². The van der Waals surface area contributed by atoms with Gasteiger partial charge < -0.3 is 14.9 Å². The molecule has 0 aliphatic rings. The third kappa shape index (κ3) is 3.42. The summed E-state index contributed by atoms with van der Waals surface area (Å²) in [5, 5.41) is 0.550. The second kappa shape index (κ2) is 6.30. The number of ether oxygens (including phenoxy) is 1. The lowest BCUT2D eigenvalue weighted by Crippen LogP contribution is -1.98. The Morgan fingerprint density at radius 3 is 2.95 bits per heavy atom. The summed E-state index contributed by atoms with van der Waals surface area (Å²) in [7, 11) is 0. The van der Waals surface area contributed by atoms with Gasteiger partial charge in [-0.25, -0.2) is 4.79 Å². The molecule has 4 nitrogen and oxygen atoms in total. The van der Waals surface area contributed by atoms with Crippen molar-refractivity contribution in [3.05, 3.63) is 47.2 Å². The molecule has 0 aliphatic heterocycles. The van der Waals surface area contributed by atoms with E-state index in [2.05, 4.69) is 0 Å². The van der Waals surface area contributed by atoms with Gasteiger partial charge in [-0.2, -0.15) is 0 Å². The van der Waals surface area contributed by atoms with Crippen molar-refractivity contribution >= 4 is 29.3 Å². The van der Waals surface area contributed by atoms with Gasteiger partial charge >= 0.3 is 5.97 Å². The van der Waals surface area contributed by atoms with Gasteiger partial charge in [-0.1, -0.05) is 11.6 Å². The number of benzene rings is 1. The average molecular weight is 292 g/mol. The van der Waals surface area contributed by atoms with Crippen LogP contribution in [0.5, 0.6) is 0 Å². The van der Waals surface area contributed by atoms with Gasteiger partial charge in [0, 0.05) is 17.3 Å². The monoisotopic (exact) mass is 291 g/mol. The molecule has 0 saturated carbocycles. The number of nitrogens with two attached hydrogens (primary N) is 1. The molecule has 0 spiro atoms. The van der Waals surface area contributed by atoms with Crippen molar-refractivity contribution in [1.29, 1.82) is 0 Å². The summed E-state index contributed by atoms with van der Waals surface area (Å²) in [5.41, 5.74) is 7.04. The Balaban J connectivity index is 2.21. The van der Waals surface area contributed by atoms with Crippen molar-refractivity contribution in [3.8, 4) is 11.3 Å². The lowest BCUT2D eigenvalue weighted by atomic mass is 10.1. The summed E-state index contributed by atoms with van der Waals surface area (Å²) in [6, 6.07) is 8.68. The van der Waals surface area contributed by atoms with Crippen LogP contribution in [0.4, 0.5) is 5.69 Å². The number of halogens is 1. The van der Waals surface area contributed by atoms with Gasteiger partial charge in [0.2, 0.25) is 0 Å². The number of furan rings is 1. The Bertz CT molecular complexity index is 646. The van der Waals surface area contributed by atoms with Crippen LogP contribution in [-0.2, 0) is 9.53 Å². The van der Waals surface area contributed by atoms with Gasteiger partial charge in [-0.15, -0.1) is 0 Å². The SMILES string of the molecule is CCOC(=O)/C=C/c1ccc(-c2cc(N)ccc2Cl)o1. The van der Waals surface area contributed by atoms with E-state index in [-0.39, 0.29) is 0 Å². The van der Waals surface area contributed by atoms with Gasteiger partial charge in [-0.05, 0) is 43.3 Å². The fourth-order valence-electron chi connectivity index (χ4n) is 1.66. The molecule has 0 unspecified atom stereocenters. The molecule has 20 heavy (non-hydrogen) atoms. The molecule has 2 N–H and O–H groups in total. The zero-order chi connectivity index (χ0) is 14.5. The molecule has 0 radical (unpaired) electrons. The molecule has 0 saturated heterocycles. The first-order valence-corrected chi connectivity index (χ1v) is 6.48. The minimum Gasteiger partial charge on any atom is -0.463 e. The molecule has 2 aromatic rings. The van der Waals surface area contributed by atoms with Crippen LogP contribution in [0.2, 0.25) is 5.02 Å². The van der Waals surface area contributed by atoms with Crippen LogP contribution in [0.3, 0.4) is 0 Å². The molecule has 0 aliphatic carbocycles. The number of hydrogen-bond donors (Lipinski definition) is 1. The smallest absolute Gasteiger partial charge is 0.330 e. The maximum atomic E-state index is 11.2. The molecule has 104 valence electrons. The molecular weight excluding hydrogens is 278 g/mol. The van der Waals surface area contributed by atoms with E-state index in [1.165, 1.54) is 6.08 Å². The zero-order valence-corrected chi connectivity index (χ0v) is 11.7. The Labute approximate surface area is 121 Å². The number of nitrogen functional groups attached to an aromatic ring is 1. The number of carbonyl (C=O) groups is 1. The summed E-state index contributed by atoms with van der Waals surface area (Å²) < 4.78 is 10.4. The zero-order valence-electron chi connectivity index (χ0n) is 10.9. The Kier molecular flexibility index (Phi) is 4.48. The quantitative estimate of drug-likeness (QED) is 0.529. The third-order valence-corrected chi connectivity index (χ3v) is 2.88. The maximum Gasteiger partial charge on any atom is 0.330 e. The first-order valence-electron chi connectivity index (χ1n) is 6.10. The van der Waals surface area contributed by atoms with Gasteiger partial charge in [0.15, 0.2) is 0 Å². The molecule has 0 atom stereocenters. The van der Waals surface area contributed by atoms with E-state index in [1.54, 1.807) is 43.3 Å². The molecule has 5 heteroatoms. The summed E-state index contributed by atoms with van der Waals surface area (Å²) in [6.45, 7) is 2.09. The summed E-state index contributed by atoms with van der Waals surface area (Å²) in [6.07, 6.45) is 2.86. The number of hydrogen-bond acceptors (Lipinski definition) is 4. The molecular formula is C15H14ClNO3. The summed E-state index contributed by atoms with van der Waals surface area (Å²) in [4.78, 5) is 11.2.